The van der Waals surface area contributed by atoms with E-state index in [9.17, 15) is 18.0 Å². The van der Waals surface area contributed by atoms with E-state index in [-0.39, 0.29) is 11.3 Å². The van der Waals surface area contributed by atoms with Crippen LogP contribution >= 0.6 is 15.9 Å². The van der Waals surface area contributed by atoms with Crippen LogP contribution in [0, 0.1) is 0 Å². The molecule has 16 heavy (non-hydrogen) atoms. The number of nitrogens with zero attached hydrogens (tertiary/aromatic N) is 3. The van der Waals surface area contributed by atoms with Crippen molar-refractivity contribution >= 4 is 21.9 Å². The Morgan fingerprint density at radius 1 is 1.56 bits per heavy atom. The molecule has 0 aliphatic carbocycles. The van der Waals surface area contributed by atoms with Crippen LogP contribution < -0.4 is 0 Å². The largest absolute Gasteiger partial charge is 0.465 e. The van der Waals surface area contributed by atoms with Crippen molar-refractivity contribution in [3.8, 4) is 0 Å². The molecule has 1 aromatic heterocycles. The summed E-state index contributed by atoms with van der Waals surface area (Å²) in [6.45, 7) is 1.32. The maximum atomic E-state index is 12.2. The molecule has 1 aromatic rings. The van der Waals surface area contributed by atoms with Crippen molar-refractivity contribution < 1.29 is 22.7 Å². The first-order valence-corrected chi connectivity index (χ1v) is 4.97. The third kappa shape index (κ3) is 3.19. The maximum absolute atomic E-state index is 12.2. The summed E-state index contributed by atoms with van der Waals surface area (Å²) in [4.78, 5) is 14.1. The average molecular weight is 302 g/mol. The van der Waals surface area contributed by atoms with Gasteiger partial charge < -0.3 is 4.74 Å². The van der Waals surface area contributed by atoms with E-state index in [2.05, 4.69) is 30.7 Å². The van der Waals surface area contributed by atoms with E-state index in [4.69, 9.17) is 0 Å². The standard InChI is InChI=1S/C7H7BrF3N3O2/c1-2-16-4(15)3-14-6(8)12-5(13-14)7(9,10)11/h2-3H2,1H3. The highest BCUT2D eigenvalue weighted by Gasteiger charge is 2.37. The van der Waals surface area contributed by atoms with Crippen LogP contribution in [0.1, 0.15) is 12.7 Å². The number of carbonyl (C=O) groups is 1. The topological polar surface area (TPSA) is 57.0 Å². The molecule has 0 atom stereocenters. The molecule has 0 aliphatic heterocycles. The minimum Gasteiger partial charge on any atom is -0.465 e. The second-order valence-electron chi connectivity index (χ2n) is 2.66. The fourth-order valence-corrected chi connectivity index (χ4v) is 1.25. The van der Waals surface area contributed by atoms with Crippen LogP contribution in [0.5, 0.6) is 0 Å². The lowest BCUT2D eigenvalue weighted by Crippen LogP contribution is -2.15. The van der Waals surface area contributed by atoms with Crippen molar-refractivity contribution in [1.82, 2.24) is 14.8 Å². The van der Waals surface area contributed by atoms with E-state index in [0.717, 1.165) is 4.68 Å². The van der Waals surface area contributed by atoms with E-state index in [1.807, 2.05) is 0 Å². The first-order valence-electron chi connectivity index (χ1n) is 4.17. The summed E-state index contributed by atoms with van der Waals surface area (Å²) in [5.41, 5.74) is 0. The minimum atomic E-state index is -4.64. The highest BCUT2D eigenvalue weighted by Crippen LogP contribution is 2.27. The molecule has 0 spiro atoms. The van der Waals surface area contributed by atoms with Crippen molar-refractivity contribution in [1.29, 1.82) is 0 Å². The quantitative estimate of drug-likeness (QED) is 0.796. The first kappa shape index (κ1) is 12.9. The molecule has 0 N–H and O–H groups in total. The molecule has 0 amide bonds. The number of alkyl halides is 3. The van der Waals surface area contributed by atoms with Crippen LogP contribution in [-0.4, -0.2) is 27.3 Å². The van der Waals surface area contributed by atoms with E-state index in [1.54, 1.807) is 6.92 Å². The number of halogens is 4. The molecule has 1 heterocycles. The van der Waals surface area contributed by atoms with Crippen LogP contribution in [0.4, 0.5) is 13.2 Å². The Bertz CT molecular complexity index is 391. The highest BCUT2D eigenvalue weighted by atomic mass is 79.9. The maximum Gasteiger partial charge on any atom is 0.453 e. The highest BCUT2D eigenvalue weighted by molar-refractivity contribution is 9.10. The fourth-order valence-electron chi connectivity index (χ4n) is 0.873. The molecule has 90 valence electrons. The van der Waals surface area contributed by atoms with Gasteiger partial charge in [0.05, 0.1) is 6.61 Å². The SMILES string of the molecule is CCOC(=O)Cn1nc(C(F)(F)F)nc1Br. The molecule has 0 bridgehead atoms. The number of aromatic nitrogens is 3. The van der Waals surface area contributed by atoms with E-state index >= 15 is 0 Å². The Balaban J connectivity index is 2.82. The predicted molar refractivity (Wildman–Crippen MR) is 49.4 cm³/mol. The molecule has 0 aliphatic rings. The van der Waals surface area contributed by atoms with Crippen molar-refractivity contribution in [2.45, 2.75) is 19.6 Å². The zero-order valence-electron chi connectivity index (χ0n) is 8.08. The van der Waals surface area contributed by atoms with Gasteiger partial charge in [-0.1, -0.05) is 0 Å². The molecular weight excluding hydrogens is 295 g/mol. The Labute approximate surface area is 96.7 Å². The second kappa shape index (κ2) is 4.81. The molecule has 0 saturated heterocycles. The summed E-state index contributed by atoms with van der Waals surface area (Å²) in [5.74, 6) is -1.98. The Morgan fingerprint density at radius 3 is 2.62 bits per heavy atom. The summed E-state index contributed by atoms with van der Waals surface area (Å²) in [7, 11) is 0. The predicted octanol–water partition coefficient (Wildman–Crippen LogP) is 1.62. The number of esters is 1. The third-order valence-electron chi connectivity index (χ3n) is 1.46. The van der Waals surface area contributed by atoms with Gasteiger partial charge in [0, 0.05) is 0 Å². The molecule has 0 fully saturated rings. The molecule has 0 aromatic carbocycles. The number of rotatable bonds is 3. The smallest absolute Gasteiger partial charge is 0.453 e. The van der Waals surface area contributed by atoms with E-state index in [0.29, 0.717) is 0 Å². The zero-order chi connectivity index (χ0) is 12.3. The number of hydrogen-bond donors (Lipinski definition) is 0. The van der Waals surface area contributed by atoms with Gasteiger partial charge in [0.25, 0.3) is 5.82 Å². The molecule has 0 radical (unpaired) electrons. The number of carbonyl (C=O) groups excluding carboxylic acids is 1. The van der Waals surface area contributed by atoms with Gasteiger partial charge in [-0.2, -0.15) is 18.2 Å². The lowest BCUT2D eigenvalue weighted by Gasteiger charge is -2.02. The zero-order valence-corrected chi connectivity index (χ0v) is 9.67. The molecular formula is C7H7BrF3N3O2. The summed E-state index contributed by atoms with van der Waals surface area (Å²) in [6.07, 6.45) is -4.64. The van der Waals surface area contributed by atoms with Gasteiger partial charge in [-0.25, -0.2) is 4.68 Å². The van der Waals surface area contributed by atoms with Crippen molar-refractivity contribution in [3.05, 3.63) is 10.6 Å². The summed E-state index contributed by atoms with van der Waals surface area (Å²) in [6, 6.07) is 0. The van der Waals surface area contributed by atoms with Gasteiger partial charge in [-0.3, -0.25) is 4.79 Å². The van der Waals surface area contributed by atoms with Crippen molar-refractivity contribution in [2.75, 3.05) is 6.61 Å². The van der Waals surface area contributed by atoms with Gasteiger partial charge in [0.2, 0.25) is 0 Å². The van der Waals surface area contributed by atoms with Gasteiger partial charge in [-0.15, -0.1) is 5.10 Å². The number of ether oxygens (including phenoxy) is 1. The minimum absolute atomic E-state index is 0.150. The van der Waals surface area contributed by atoms with Gasteiger partial charge in [0.1, 0.15) is 6.54 Å². The fraction of sp³-hybridized carbons (Fsp3) is 0.571. The Hall–Kier alpha value is -1.12. The van der Waals surface area contributed by atoms with Crippen LogP contribution in [0.15, 0.2) is 4.73 Å². The first-order chi connectivity index (χ1) is 7.34. The third-order valence-corrected chi connectivity index (χ3v) is 2.05. The van der Waals surface area contributed by atoms with Crippen LogP contribution in [0.2, 0.25) is 0 Å². The molecule has 1 rings (SSSR count). The molecule has 0 unspecified atom stereocenters. The monoisotopic (exact) mass is 301 g/mol. The lowest BCUT2D eigenvalue weighted by atomic mass is 10.6. The van der Waals surface area contributed by atoms with Crippen molar-refractivity contribution in [2.24, 2.45) is 0 Å². The molecule has 5 nitrogen and oxygen atoms in total. The van der Waals surface area contributed by atoms with E-state index in [1.165, 1.54) is 0 Å². The average Bonchev–Trinajstić information content (AvgIpc) is 2.47. The normalized spacial score (nSPS) is 11.6. The Morgan fingerprint density at radius 2 is 2.19 bits per heavy atom. The van der Waals surface area contributed by atoms with Crippen LogP contribution in [-0.2, 0) is 22.3 Å². The van der Waals surface area contributed by atoms with Crippen molar-refractivity contribution in [3.63, 3.8) is 0 Å². The summed E-state index contributed by atoms with van der Waals surface area (Å²) in [5, 5.41) is 3.14. The van der Waals surface area contributed by atoms with E-state index < -0.39 is 24.5 Å². The Kier molecular flexibility index (Phi) is 3.89. The van der Waals surface area contributed by atoms with Gasteiger partial charge in [-0.05, 0) is 22.9 Å². The summed E-state index contributed by atoms with van der Waals surface area (Å²) >= 11 is 2.77. The lowest BCUT2D eigenvalue weighted by molar-refractivity contribution is -0.147. The van der Waals surface area contributed by atoms with Gasteiger partial charge in [0.15, 0.2) is 4.73 Å². The van der Waals surface area contributed by atoms with Crippen LogP contribution in [0.25, 0.3) is 0 Å². The molecule has 0 saturated carbocycles. The number of hydrogen-bond acceptors (Lipinski definition) is 4. The summed E-state index contributed by atoms with van der Waals surface area (Å²) < 4.78 is 41.7. The second-order valence-corrected chi connectivity index (χ2v) is 3.37. The van der Waals surface area contributed by atoms with Gasteiger partial charge >= 0.3 is 12.1 Å². The van der Waals surface area contributed by atoms with Crippen LogP contribution in [0.3, 0.4) is 0 Å². The molecule has 9 heteroatoms.